The Bertz CT molecular complexity index is 3180. The van der Waals surface area contributed by atoms with E-state index >= 15 is 0 Å². The summed E-state index contributed by atoms with van der Waals surface area (Å²) in [7, 11) is 0. The molecule has 0 bridgehead atoms. The Morgan fingerprint density at radius 1 is 0.377 bits per heavy atom. The number of anilines is 2. The molecule has 1 radical (unpaired) electrons. The van der Waals surface area contributed by atoms with E-state index in [2.05, 4.69) is 283 Å². The third-order valence-electron chi connectivity index (χ3n) is 12.8. The minimum Gasteiger partial charge on any atom is -0.657 e. The number of aromatic nitrogens is 1. The van der Waals surface area contributed by atoms with Crippen LogP contribution in [-0.2, 0) is 33.2 Å². The molecule has 9 aromatic carbocycles. The summed E-state index contributed by atoms with van der Waals surface area (Å²) in [5, 5.41) is 10.1. The maximum atomic E-state index is 5.45. The van der Waals surface area contributed by atoms with E-state index in [0.29, 0.717) is 0 Å². The fourth-order valence-electron chi connectivity index (χ4n) is 9.15. The van der Waals surface area contributed by atoms with Crippen LogP contribution in [0.5, 0.6) is 0 Å². The average Bonchev–Trinajstić information content (AvgIpc) is 3.99. The smallest absolute Gasteiger partial charge is 0.129 e. The largest absolute Gasteiger partial charge is 0.657 e. The predicted molar refractivity (Wildman–Crippen MR) is 289 cm³/mol. The number of hydrogen-bond donors (Lipinski definition) is 0. The van der Waals surface area contributed by atoms with E-state index in [0.717, 1.165) is 78.3 Å². The van der Waals surface area contributed by atoms with Crippen LogP contribution in [0.4, 0.5) is 11.4 Å². The van der Waals surface area contributed by atoms with Crippen molar-refractivity contribution in [3.8, 4) is 44.5 Å². The number of rotatable bonds is 7. The van der Waals surface area contributed by atoms with Crippen LogP contribution in [0, 0.1) is 6.67 Å². The van der Waals surface area contributed by atoms with Gasteiger partial charge in [0.05, 0.1) is 0 Å². The van der Waals surface area contributed by atoms with Crippen LogP contribution < -0.4 is 14.9 Å². The van der Waals surface area contributed by atoms with Gasteiger partial charge in [-0.15, -0.1) is 17.7 Å². The van der Waals surface area contributed by atoms with Gasteiger partial charge in [0.1, 0.15) is 5.84 Å². The number of nitrogens with zero attached hydrogens (tertiary/aromatic N) is 4. The van der Waals surface area contributed by atoms with E-state index in [-0.39, 0.29) is 33.2 Å². The van der Waals surface area contributed by atoms with Crippen molar-refractivity contribution in [2.24, 2.45) is 5.10 Å². The first-order valence-electron chi connectivity index (χ1n) is 23.6. The number of para-hydroxylation sites is 2. The van der Waals surface area contributed by atoms with Crippen LogP contribution in [0.3, 0.4) is 0 Å². The molecule has 0 saturated heterocycles. The molecule has 5 heteroatoms. The number of hydrazone groups is 1. The fourth-order valence-corrected chi connectivity index (χ4v) is 9.15. The normalized spacial score (nSPS) is 12.6. The van der Waals surface area contributed by atoms with Gasteiger partial charge >= 0.3 is 0 Å². The van der Waals surface area contributed by atoms with Gasteiger partial charge in [-0.3, -0.25) is 0 Å². The van der Waals surface area contributed by atoms with Crippen molar-refractivity contribution >= 4 is 39.0 Å². The molecular weight excluding hydrogens is 1020 g/mol. The van der Waals surface area contributed by atoms with Crippen molar-refractivity contribution in [1.29, 1.82) is 0 Å². The topological polar surface area (TPSA) is 32.9 Å². The summed E-state index contributed by atoms with van der Waals surface area (Å²) >= 11 is 0. The van der Waals surface area contributed by atoms with Crippen molar-refractivity contribution in [1.82, 2.24) is 4.98 Å². The molecule has 0 saturated carbocycles. The summed E-state index contributed by atoms with van der Waals surface area (Å²) in [4.78, 5) is 7.04. The zero-order valence-corrected chi connectivity index (χ0v) is 42.2. The van der Waals surface area contributed by atoms with Crippen molar-refractivity contribution in [3.63, 3.8) is 0 Å². The standard InChI is InChI=1S/C44H32N3.C20H24N.Au/c1-6-18-33(19-7-1)38-28-16-29-39(34-20-8-2-9-21-34)42(38)46-32-47(45-44(46)37-26-14-5-15-27-37)43-40(35-22-10-3-11-23-35)30-17-31-41(43)36-24-12-4-13-25-36;1-19(2,3)13-7-9-17-15(11-13)16-12-14(20(4,5)6)8-10-18(16)21-17;/h1-32H;7-12H,1-6H3;/q2*-1;. The SMILES string of the molecule is CC(C)(C)c1ccc2[n-]c3ccc(C(C)(C)C)cc3c2c1.[Au].c1ccc(C2=NN(c3c(-c4ccccc4)cccc3-c3ccccc3)[CH-]N2c2c(-c3ccccc3)cccc2-c2ccccc2)cc1. The molecule has 1 aliphatic rings. The molecule has 345 valence electrons. The Balaban J connectivity index is 0.000000226. The Kier molecular flexibility index (Phi) is 13.4. The summed E-state index contributed by atoms with van der Waals surface area (Å²) < 4.78 is 0. The first kappa shape index (κ1) is 46.9. The molecular formula is C64H56AuN4-2. The van der Waals surface area contributed by atoms with Gasteiger partial charge in [0.25, 0.3) is 0 Å². The van der Waals surface area contributed by atoms with Gasteiger partial charge in [0, 0.05) is 61.6 Å². The second kappa shape index (κ2) is 19.8. The summed E-state index contributed by atoms with van der Waals surface area (Å²) in [5.74, 6) is 0.855. The predicted octanol–water partition coefficient (Wildman–Crippen LogP) is 16.7. The van der Waals surface area contributed by atoms with Gasteiger partial charge in [-0.2, -0.15) is 5.10 Å². The van der Waals surface area contributed by atoms with Gasteiger partial charge in [0.2, 0.25) is 0 Å². The third-order valence-corrected chi connectivity index (χ3v) is 12.8. The summed E-state index contributed by atoms with van der Waals surface area (Å²) in [6.07, 6.45) is 0. The summed E-state index contributed by atoms with van der Waals surface area (Å²) in [5.41, 5.74) is 17.5. The quantitative estimate of drug-likeness (QED) is 0.118. The van der Waals surface area contributed by atoms with E-state index in [9.17, 15) is 0 Å². The summed E-state index contributed by atoms with van der Waals surface area (Å²) in [6.45, 7) is 15.7. The van der Waals surface area contributed by atoms with Crippen LogP contribution in [0.15, 0.2) is 230 Å². The zero-order chi connectivity index (χ0) is 46.8. The van der Waals surface area contributed by atoms with Gasteiger partial charge in [-0.1, -0.05) is 266 Å². The first-order valence-corrected chi connectivity index (χ1v) is 23.6. The Labute approximate surface area is 423 Å². The second-order valence-electron chi connectivity index (χ2n) is 19.6. The van der Waals surface area contributed by atoms with Crippen molar-refractivity contribution in [3.05, 3.63) is 248 Å². The molecule has 69 heavy (non-hydrogen) atoms. The number of hydrogen-bond acceptors (Lipinski definition) is 3. The molecule has 2 heterocycles. The maximum absolute atomic E-state index is 5.45. The number of amidine groups is 1. The Morgan fingerprint density at radius 3 is 1.06 bits per heavy atom. The van der Waals surface area contributed by atoms with E-state index < -0.39 is 0 Å². The van der Waals surface area contributed by atoms with Crippen LogP contribution in [0.2, 0.25) is 0 Å². The number of fused-ring (bicyclic) bond motifs is 3. The van der Waals surface area contributed by atoms with Crippen LogP contribution in [0.1, 0.15) is 58.2 Å². The van der Waals surface area contributed by atoms with Gasteiger partial charge in [-0.25, -0.2) is 0 Å². The van der Waals surface area contributed by atoms with Gasteiger partial charge < -0.3 is 14.9 Å². The molecule has 0 unspecified atom stereocenters. The molecule has 11 rings (SSSR count). The van der Waals surface area contributed by atoms with Crippen LogP contribution in [-0.4, -0.2) is 5.84 Å². The number of benzene rings is 9. The molecule has 0 spiro atoms. The third kappa shape index (κ3) is 9.75. The zero-order valence-electron chi connectivity index (χ0n) is 40.0. The minimum atomic E-state index is 0. The van der Waals surface area contributed by atoms with E-state index in [1.54, 1.807) is 0 Å². The molecule has 1 aromatic heterocycles. The molecule has 0 atom stereocenters. The van der Waals surface area contributed by atoms with E-state index in [4.69, 9.17) is 10.1 Å². The Hall–Kier alpha value is -7.21. The molecule has 4 nitrogen and oxygen atoms in total. The van der Waals surface area contributed by atoms with Gasteiger partial charge in [-0.05, 0) is 55.0 Å². The first-order chi connectivity index (χ1) is 33.0. The molecule has 0 aliphatic carbocycles. The van der Waals surface area contributed by atoms with Crippen LogP contribution in [0.25, 0.3) is 66.3 Å². The molecule has 0 N–H and O–H groups in total. The van der Waals surface area contributed by atoms with E-state index in [1.807, 2.05) is 0 Å². The molecule has 10 aromatic rings. The van der Waals surface area contributed by atoms with Crippen molar-refractivity contribution in [2.75, 3.05) is 9.91 Å². The van der Waals surface area contributed by atoms with Crippen molar-refractivity contribution < 1.29 is 22.4 Å². The molecule has 0 amide bonds. The molecule has 1 aliphatic heterocycles. The van der Waals surface area contributed by atoms with Crippen molar-refractivity contribution in [2.45, 2.75) is 52.4 Å². The van der Waals surface area contributed by atoms with Crippen LogP contribution >= 0.6 is 0 Å². The minimum absolute atomic E-state index is 0. The van der Waals surface area contributed by atoms with E-state index in [1.165, 1.54) is 21.9 Å². The molecule has 0 fully saturated rings. The van der Waals surface area contributed by atoms with Gasteiger partial charge in [0.15, 0.2) is 0 Å². The Morgan fingerprint density at radius 2 is 0.710 bits per heavy atom. The summed E-state index contributed by atoms with van der Waals surface area (Å²) in [6, 6.07) is 79.4. The second-order valence-corrected chi connectivity index (χ2v) is 19.6. The monoisotopic (exact) mass is 1080 g/mol. The average molecular weight is 1080 g/mol. The fraction of sp³-hybridized carbons (Fsp3) is 0.125. The maximum Gasteiger partial charge on any atom is 0.129 e.